The van der Waals surface area contributed by atoms with Crippen LogP contribution in [0.5, 0.6) is 11.5 Å². The highest BCUT2D eigenvalue weighted by atomic mass is 35.5. The Bertz CT molecular complexity index is 1740. The van der Waals surface area contributed by atoms with Crippen LogP contribution in [0.4, 0.5) is 8.78 Å². The summed E-state index contributed by atoms with van der Waals surface area (Å²) in [5.41, 5.74) is 1.24. The van der Waals surface area contributed by atoms with Crippen LogP contribution in [0.25, 0.3) is 11.2 Å². The minimum absolute atomic E-state index is 0.0171. The van der Waals surface area contributed by atoms with Crippen molar-refractivity contribution in [3.8, 4) is 17.6 Å². The quantitative estimate of drug-likeness (QED) is 0.205. The monoisotopic (exact) mass is 621 g/mol. The molecule has 0 spiro atoms. The summed E-state index contributed by atoms with van der Waals surface area (Å²) < 4.78 is 42.2. The summed E-state index contributed by atoms with van der Waals surface area (Å²) in [6.45, 7) is 2.42. The van der Waals surface area contributed by atoms with Crippen LogP contribution in [0.3, 0.4) is 0 Å². The molecule has 0 bridgehead atoms. The summed E-state index contributed by atoms with van der Waals surface area (Å²) in [7, 11) is 0. The van der Waals surface area contributed by atoms with Crippen LogP contribution in [0.1, 0.15) is 54.0 Å². The number of hydrogen-bond donors (Lipinski definition) is 1. The van der Waals surface area contributed by atoms with Gasteiger partial charge in [0.25, 0.3) is 0 Å². The number of aromatic carboxylic acids is 1. The molecule has 2 aromatic carbocycles. The molecular weight excluding hydrogens is 592 g/mol. The number of ether oxygens (including phenoxy) is 2. The lowest BCUT2D eigenvalue weighted by Crippen LogP contribution is -2.38. The van der Waals surface area contributed by atoms with Crippen molar-refractivity contribution >= 4 is 28.7 Å². The smallest absolute Gasteiger partial charge is 0.354 e. The number of hydrogen-bond acceptors (Lipinski definition) is 7. The van der Waals surface area contributed by atoms with Crippen molar-refractivity contribution < 1.29 is 28.2 Å². The minimum Gasteiger partial charge on any atom is -0.490 e. The molecule has 0 amide bonds. The molecule has 44 heavy (non-hydrogen) atoms. The molecule has 0 unspecified atom stereocenters. The van der Waals surface area contributed by atoms with Gasteiger partial charge >= 0.3 is 5.97 Å². The Morgan fingerprint density at radius 3 is 2.59 bits per heavy atom. The molecule has 2 aliphatic rings. The first-order valence-corrected chi connectivity index (χ1v) is 14.8. The second kappa shape index (κ2) is 12.4. The summed E-state index contributed by atoms with van der Waals surface area (Å²) >= 11 is 5.79. The zero-order valence-corrected chi connectivity index (χ0v) is 24.6. The number of rotatable bonds is 11. The standard InChI is InChI=1S/C32H30ClF2N5O4/c33-21-1-6-28(25(35)16-21)43-18-20-15-23(2-3-24(20)34)44-22-7-13-39(14-8-22)17-29-37-26-4-5-27(31(41)42)38-30(26)40(29)19-32(9-10-32)11-12-36/h1-6,15-16,22H,7-11,13-14,17-19H2,(H,41,42). The number of nitrogens with zero attached hydrogens (tertiary/aromatic N) is 5. The molecule has 4 aromatic rings. The predicted octanol–water partition coefficient (Wildman–Crippen LogP) is 6.38. The average molecular weight is 622 g/mol. The predicted molar refractivity (Wildman–Crippen MR) is 157 cm³/mol. The maximum Gasteiger partial charge on any atom is 0.354 e. The molecule has 1 N–H and O–H groups in total. The van der Waals surface area contributed by atoms with Gasteiger partial charge in [-0.2, -0.15) is 5.26 Å². The van der Waals surface area contributed by atoms with E-state index in [9.17, 15) is 23.9 Å². The molecule has 2 aromatic heterocycles. The van der Waals surface area contributed by atoms with Crippen molar-refractivity contribution in [2.45, 2.75) is 57.9 Å². The molecule has 0 atom stereocenters. The number of aromatic nitrogens is 3. The van der Waals surface area contributed by atoms with E-state index in [-0.39, 0.29) is 40.2 Å². The van der Waals surface area contributed by atoms with Crippen molar-refractivity contribution in [2.24, 2.45) is 5.41 Å². The number of benzene rings is 2. The summed E-state index contributed by atoms with van der Waals surface area (Å²) in [6.07, 6.45) is 3.70. The molecule has 1 saturated carbocycles. The highest BCUT2D eigenvalue weighted by Gasteiger charge is 2.43. The van der Waals surface area contributed by atoms with Gasteiger partial charge in [0.15, 0.2) is 22.9 Å². The van der Waals surface area contributed by atoms with E-state index in [2.05, 4.69) is 16.0 Å². The number of carboxylic acids is 1. The Morgan fingerprint density at radius 2 is 1.89 bits per heavy atom. The van der Waals surface area contributed by atoms with E-state index < -0.39 is 17.6 Å². The maximum absolute atomic E-state index is 14.5. The lowest BCUT2D eigenvalue weighted by Gasteiger charge is -2.32. The normalized spacial score (nSPS) is 16.5. The molecule has 1 saturated heterocycles. The fourth-order valence-corrected chi connectivity index (χ4v) is 5.74. The van der Waals surface area contributed by atoms with Crippen molar-refractivity contribution in [3.63, 3.8) is 0 Å². The number of likely N-dealkylation sites (tertiary alicyclic amines) is 1. The first-order valence-electron chi connectivity index (χ1n) is 14.4. The molecule has 228 valence electrons. The van der Waals surface area contributed by atoms with Crippen LogP contribution in [0, 0.1) is 28.4 Å². The Morgan fingerprint density at radius 1 is 1.09 bits per heavy atom. The summed E-state index contributed by atoms with van der Waals surface area (Å²) in [6, 6.07) is 13.9. The van der Waals surface area contributed by atoms with E-state index in [0.717, 1.165) is 50.7 Å². The fraction of sp³-hybridized carbons (Fsp3) is 0.375. The Hall–Kier alpha value is -4.27. The van der Waals surface area contributed by atoms with E-state index in [1.165, 1.54) is 24.3 Å². The highest BCUT2D eigenvalue weighted by Crippen LogP contribution is 2.50. The fourth-order valence-electron chi connectivity index (χ4n) is 5.59. The minimum atomic E-state index is -1.10. The zero-order valence-electron chi connectivity index (χ0n) is 23.8. The lowest BCUT2D eigenvalue weighted by molar-refractivity contribution is 0.0691. The number of halogens is 3. The molecule has 1 aliphatic carbocycles. The van der Waals surface area contributed by atoms with Gasteiger partial charge in [-0.15, -0.1) is 0 Å². The number of nitriles is 1. The van der Waals surface area contributed by atoms with Gasteiger partial charge in [0.05, 0.1) is 12.6 Å². The van der Waals surface area contributed by atoms with Gasteiger partial charge in [0.1, 0.15) is 35.6 Å². The van der Waals surface area contributed by atoms with Crippen LogP contribution < -0.4 is 9.47 Å². The van der Waals surface area contributed by atoms with Crippen molar-refractivity contribution in [2.75, 3.05) is 13.1 Å². The molecular formula is C32H30ClF2N5O4. The van der Waals surface area contributed by atoms with Gasteiger partial charge in [-0.1, -0.05) is 11.6 Å². The van der Waals surface area contributed by atoms with Gasteiger partial charge in [-0.25, -0.2) is 23.5 Å². The molecule has 6 rings (SSSR count). The van der Waals surface area contributed by atoms with Gasteiger partial charge in [0, 0.05) is 42.1 Å². The third-order valence-corrected chi connectivity index (χ3v) is 8.53. The van der Waals surface area contributed by atoms with Crippen LogP contribution in [0.15, 0.2) is 48.5 Å². The second-order valence-corrected chi connectivity index (χ2v) is 11.9. The molecule has 12 heteroatoms. The molecule has 2 fully saturated rings. The largest absolute Gasteiger partial charge is 0.490 e. The Labute approximate surface area is 257 Å². The van der Waals surface area contributed by atoms with E-state index in [1.807, 2.05) is 4.57 Å². The number of piperidine rings is 1. The first-order chi connectivity index (χ1) is 21.2. The van der Waals surface area contributed by atoms with E-state index in [4.69, 9.17) is 26.1 Å². The van der Waals surface area contributed by atoms with Gasteiger partial charge in [-0.3, -0.25) is 4.90 Å². The number of carbonyl (C=O) groups is 1. The van der Waals surface area contributed by atoms with Crippen LogP contribution in [0.2, 0.25) is 5.02 Å². The Balaban J connectivity index is 1.10. The average Bonchev–Trinajstić information content (AvgIpc) is 3.68. The van der Waals surface area contributed by atoms with Crippen molar-refractivity contribution in [1.82, 2.24) is 19.4 Å². The summed E-state index contributed by atoms with van der Waals surface area (Å²) in [4.78, 5) is 23.1. The van der Waals surface area contributed by atoms with Crippen LogP contribution >= 0.6 is 11.6 Å². The number of fused-ring (bicyclic) bond motifs is 1. The van der Waals surface area contributed by atoms with E-state index >= 15 is 0 Å². The van der Waals surface area contributed by atoms with Crippen molar-refractivity contribution in [3.05, 3.63) is 82.3 Å². The van der Waals surface area contributed by atoms with Gasteiger partial charge in [-0.05, 0) is 74.2 Å². The molecule has 0 radical (unpaired) electrons. The lowest BCUT2D eigenvalue weighted by atomic mass is 10.0. The van der Waals surface area contributed by atoms with E-state index in [0.29, 0.717) is 36.4 Å². The Kier molecular flexibility index (Phi) is 8.38. The topological polar surface area (TPSA) is 114 Å². The molecule has 9 nitrogen and oxygen atoms in total. The summed E-state index contributed by atoms with van der Waals surface area (Å²) in [5, 5.41) is 19.1. The number of imidazole rings is 1. The third-order valence-electron chi connectivity index (χ3n) is 8.29. The first kappa shape index (κ1) is 29.8. The van der Waals surface area contributed by atoms with Crippen molar-refractivity contribution in [1.29, 1.82) is 5.26 Å². The van der Waals surface area contributed by atoms with Crippen LogP contribution in [-0.4, -0.2) is 49.7 Å². The van der Waals surface area contributed by atoms with E-state index in [1.54, 1.807) is 18.2 Å². The highest BCUT2D eigenvalue weighted by molar-refractivity contribution is 6.30. The van der Waals surface area contributed by atoms with Crippen LogP contribution in [-0.2, 0) is 19.7 Å². The molecule has 1 aliphatic heterocycles. The zero-order chi connectivity index (χ0) is 30.8. The second-order valence-electron chi connectivity index (χ2n) is 11.5. The molecule has 3 heterocycles. The number of carboxylic acid groups (broad SMARTS) is 1. The van der Waals surface area contributed by atoms with Gasteiger partial charge in [0.2, 0.25) is 0 Å². The maximum atomic E-state index is 14.5. The third kappa shape index (κ3) is 6.61. The summed E-state index contributed by atoms with van der Waals surface area (Å²) in [5.74, 6) is -0.914. The number of pyridine rings is 1. The van der Waals surface area contributed by atoms with Gasteiger partial charge < -0.3 is 19.1 Å². The SMILES string of the molecule is N#CCC1(Cn2c(CN3CCC(Oc4ccc(F)c(COc5ccc(Cl)cc5F)c4)CC3)nc3ccc(C(=O)O)nc32)CC1.